The van der Waals surface area contributed by atoms with Crippen LogP contribution in [0.4, 0.5) is 5.69 Å². The summed E-state index contributed by atoms with van der Waals surface area (Å²) in [5.41, 5.74) is 3.42. The molecule has 4 N–H and O–H groups in total. The first-order valence-electron chi connectivity index (χ1n) is 10.6. The lowest BCUT2D eigenvalue weighted by Gasteiger charge is -2.34. The highest BCUT2D eigenvalue weighted by atomic mass is 32.2. The number of para-hydroxylation sites is 1. The summed E-state index contributed by atoms with van der Waals surface area (Å²) in [7, 11) is -3.88. The molecule has 0 bridgehead atoms. The Kier molecular flexibility index (Phi) is 6.24. The molecular weight excluding hydrogens is 442 g/mol. The van der Waals surface area contributed by atoms with Crippen molar-refractivity contribution in [2.45, 2.75) is 18.7 Å². The van der Waals surface area contributed by atoms with Crippen molar-refractivity contribution in [3.63, 3.8) is 0 Å². The SMILES string of the molecule is Cc1cc(S(N)(=O)=O)cc(NC(=O)CN2CCN(C(=O)c3cc4ccccc4[nH]3)CC2)c1C. The summed E-state index contributed by atoms with van der Waals surface area (Å²) in [4.78, 5) is 32.4. The van der Waals surface area contributed by atoms with Gasteiger partial charge in [0, 0.05) is 42.8 Å². The average Bonchev–Trinajstić information content (AvgIpc) is 3.20. The van der Waals surface area contributed by atoms with Crippen molar-refractivity contribution in [3.8, 4) is 0 Å². The molecule has 10 heteroatoms. The minimum atomic E-state index is -3.88. The van der Waals surface area contributed by atoms with E-state index in [1.54, 1.807) is 11.8 Å². The van der Waals surface area contributed by atoms with E-state index in [0.29, 0.717) is 37.6 Å². The number of benzene rings is 2. The highest BCUT2D eigenvalue weighted by Crippen LogP contribution is 2.23. The number of aromatic nitrogens is 1. The lowest BCUT2D eigenvalue weighted by Crippen LogP contribution is -2.50. The number of piperazine rings is 1. The number of carbonyl (C=O) groups excluding carboxylic acids is 2. The standard InChI is InChI=1S/C23H27N5O4S/c1-15-11-18(33(24,31)32)13-20(16(15)2)26-22(29)14-27-7-9-28(10-8-27)23(30)21-12-17-5-3-4-6-19(17)25-21/h3-6,11-13,25H,7-10,14H2,1-2H3,(H,26,29)(H2,24,31,32). The van der Waals surface area contributed by atoms with Crippen LogP contribution >= 0.6 is 0 Å². The Balaban J connectivity index is 1.35. The highest BCUT2D eigenvalue weighted by Gasteiger charge is 2.24. The maximum Gasteiger partial charge on any atom is 0.270 e. The number of sulfonamides is 1. The number of rotatable bonds is 5. The summed E-state index contributed by atoms with van der Waals surface area (Å²) < 4.78 is 23.4. The molecule has 1 aliphatic rings. The van der Waals surface area contributed by atoms with Gasteiger partial charge in [-0.25, -0.2) is 13.6 Å². The molecule has 3 aromatic rings. The maximum absolute atomic E-state index is 12.9. The molecule has 2 heterocycles. The van der Waals surface area contributed by atoms with Crippen LogP contribution in [0.25, 0.3) is 10.9 Å². The van der Waals surface area contributed by atoms with E-state index in [4.69, 9.17) is 5.14 Å². The Morgan fingerprint density at radius 1 is 1.06 bits per heavy atom. The smallest absolute Gasteiger partial charge is 0.270 e. The number of nitrogens with zero attached hydrogens (tertiary/aromatic N) is 2. The summed E-state index contributed by atoms with van der Waals surface area (Å²) in [6.07, 6.45) is 0. The van der Waals surface area contributed by atoms with Crippen molar-refractivity contribution in [1.82, 2.24) is 14.8 Å². The first-order chi connectivity index (χ1) is 15.6. The fraction of sp³-hybridized carbons (Fsp3) is 0.304. The van der Waals surface area contributed by atoms with E-state index in [0.717, 1.165) is 22.0 Å². The summed E-state index contributed by atoms with van der Waals surface area (Å²) in [6, 6.07) is 12.5. The van der Waals surface area contributed by atoms with Crippen LogP contribution in [0.1, 0.15) is 21.6 Å². The Hall–Kier alpha value is -3.21. The number of nitrogens with one attached hydrogen (secondary N) is 2. The maximum atomic E-state index is 12.9. The molecular formula is C23H27N5O4S. The normalized spacial score (nSPS) is 15.1. The monoisotopic (exact) mass is 469 g/mol. The van der Waals surface area contributed by atoms with E-state index >= 15 is 0 Å². The molecule has 1 fully saturated rings. The van der Waals surface area contributed by atoms with Crippen molar-refractivity contribution >= 4 is 38.4 Å². The zero-order valence-corrected chi connectivity index (χ0v) is 19.4. The number of hydrogen-bond donors (Lipinski definition) is 3. The number of primary sulfonamides is 1. The summed E-state index contributed by atoms with van der Waals surface area (Å²) in [5.74, 6) is -0.305. The van der Waals surface area contributed by atoms with Gasteiger partial charge < -0.3 is 15.2 Å². The van der Waals surface area contributed by atoms with E-state index < -0.39 is 10.0 Å². The largest absolute Gasteiger partial charge is 0.351 e. The number of fused-ring (bicyclic) bond motifs is 1. The van der Waals surface area contributed by atoms with E-state index in [-0.39, 0.29) is 23.3 Å². The Labute approximate surface area is 192 Å². The predicted molar refractivity (Wildman–Crippen MR) is 127 cm³/mol. The van der Waals surface area contributed by atoms with Gasteiger partial charge in [0.2, 0.25) is 15.9 Å². The molecule has 4 rings (SSSR count). The van der Waals surface area contributed by atoms with Gasteiger partial charge in [0.25, 0.3) is 5.91 Å². The molecule has 1 aliphatic heterocycles. The number of aryl methyl sites for hydroxylation is 1. The van der Waals surface area contributed by atoms with Crippen LogP contribution in [-0.2, 0) is 14.8 Å². The van der Waals surface area contributed by atoms with Gasteiger partial charge in [0.15, 0.2) is 0 Å². The highest BCUT2D eigenvalue weighted by molar-refractivity contribution is 7.89. The molecule has 0 unspecified atom stereocenters. The number of H-pyrrole nitrogens is 1. The molecule has 9 nitrogen and oxygen atoms in total. The van der Waals surface area contributed by atoms with Gasteiger partial charge >= 0.3 is 0 Å². The number of carbonyl (C=O) groups is 2. The van der Waals surface area contributed by atoms with E-state index in [1.165, 1.54) is 12.1 Å². The summed E-state index contributed by atoms with van der Waals surface area (Å²) in [5, 5.41) is 9.04. The van der Waals surface area contributed by atoms with Crippen molar-refractivity contribution in [2.75, 3.05) is 38.0 Å². The van der Waals surface area contributed by atoms with Gasteiger partial charge in [-0.05, 0) is 49.2 Å². The molecule has 1 saturated heterocycles. The first-order valence-corrected chi connectivity index (χ1v) is 12.2. The third kappa shape index (κ3) is 5.08. The second kappa shape index (κ2) is 8.97. The molecule has 174 valence electrons. The average molecular weight is 470 g/mol. The fourth-order valence-electron chi connectivity index (χ4n) is 3.98. The molecule has 1 aromatic heterocycles. The molecule has 2 aromatic carbocycles. The molecule has 0 aliphatic carbocycles. The number of nitrogens with two attached hydrogens (primary N) is 1. The van der Waals surface area contributed by atoms with Gasteiger partial charge in [-0.1, -0.05) is 18.2 Å². The van der Waals surface area contributed by atoms with Gasteiger partial charge in [0.05, 0.1) is 11.4 Å². The third-order valence-corrected chi connectivity index (χ3v) is 6.92. The van der Waals surface area contributed by atoms with Crippen molar-refractivity contribution in [1.29, 1.82) is 0 Å². The van der Waals surface area contributed by atoms with E-state index in [1.807, 2.05) is 42.2 Å². The Morgan fingerprint density at radius 2 is 1.76 bits per heavy atom. The minimum absolute atomic E-state index is 0.0370. The number of hydrogen-bond acceptors (Lipinski definition) is 5. The van der Waals surface area contributed by atoms with E-state index in [2.05, 4.69) is 10.3 Å². The van der Waals surface area contributed by atoms with Crippen molar-refractivity contribution < 1.29 is 18.0 Å². The Morgan fingerprint density at radius 3 is 2.42 bits per heavy atom. The minimum Gasteiger partial charge on any atom is -0.351 e. The second-order valence-corrected chi connectivity index (χ2v) is 9.91. The van der Waals surface area contributed by atoms with Crippen LogP contribution in [0, 0.1) is 13.8 Å². The van der Waals surface area contributed by atoms with Crippen LogP contribution in [0.2, 0.25) is 0 Å². The predicted octanol–water partition coefficient (Wildman–Crippen LogP) is 1.83. The quantitative estimate of drug-likeness (QED) is 0.525. The van der Waals surface area contributed by atoms with Crippen molar-refractivity contribution in [3.05, 3.63) is 59.3 Å². The fourth-order valence-corrected chi connectivity index (χ4v) is 4.60. The molecule has 0 spiro atoms. The van der Waals surface area contributed by atoms with Crippen LogP contribution in [0.15, 0.2) is 47.4 Å². The van der Waals surface area contributed by atoms with Crippen LogP contribution < -0.4 is 10.5 Å². The van der Waals surface area contributed by atoms with Crippen LogP contribution in [0.5, 0.6) is 0 Å². The third-order valence-electron chi connectivity index (χ3n) is 6.03. The molecule has 0 atom stereocenters. The van der Waals surface area contributed by atoms with Crippen LogP contribution in [0.3, 0.4) is 0 Å². The topological polar surface area (TPSA) is 129 Å². The zero-order chi connectivity index (χ0) is 23.8. The second-order valence-electron chi connectivity index (χ2n) is 8.34. The lowest BCUT2D eigenvalue weighted by atomic mass is 10.1. The van der Waals surface area contributed by atoms with Gasteiger partial charge in [-0.3, -0.25) is 14.5 Å². The van der Waals surface area contributed by atoms with Crippen LogP contribution in [-0.4, -0.2) is 67.7 Å². The molecule has 0 radical (unpaired) electrons. The molecule has 0 saturated carbocycles. The summed E-state index contributed by atoms with van der Waals surface area (Å²) in [6.45, 7) is 5.88. The molecule has 2 amide bonds. The summed E-state index contributed by atoms with van der Waals surface area (Å²) >= 11 is 0. The molecule has 33 heavy (non-hydrogen) atoms. The first kappa shape index (κ1) is 23.0. The van der Waals surface area contributed by atoms with Gasteiger partial charge in [0.1, 0.15) is 5.69 Å². The van der Waals surface area contributed by atoms with Crippen molar-refractivity contribution in [2.24, 2.45) is 5.14 Å². The zero-order valence-electron chi connectivity index (χ0n) is 18.6. The van der Waals surface area contributed by atoms with E-state index in [9.17, 15) is 18.0 Å². The Bertz CT molecular complexity index is 1290. The van der Waals surface area contributed by atoms with Gasteiger partial charge in [-0.2, -0.15) is 0 Å². The number of anilines is 1. The lowest BCUT2D eigenvalue weighted by molar-refractivity contribution is -0.117. The van der Waals surface area contributed by atoms with Gasteiger partial charge in [-0.15, -0.1) is 0 Å². The number of amides is 2. The number of aromatic amines is 1.